The summed E-state index contributed by atoms with van der Waals surface area (Å²) < 4.78 is 0. The summed E-state index contributed by atoms with van der Waals surface area (Å²) in [5.41, 5.74) is 2.63. The third-order valence-corrected chi connectivity index (χ3v) is 5.84. The fourth-order valence-corrected chi connectivity index (χ4v) is 4.09. The first kappa shape index (κ1) is 16.8. The Balaban J connectivity index is 1.52. The number of rotatable bonds is 3. The van der Waals surface area contributed by atoms with Crippen LogP contribution in [0.3, 0.4) is 0 Å². The number of likely N-dealkylation sites (tertiary alicyclic amines) is 1. The number of hydrogen-bond acceptors (Lipinski definition) is 3. The van der Waals surface area contributed by atoms with Gasteiger partial charge in [-0.3, -0.25) is 0 Å². The second-order valence-electron chi connectivity index (χ2n) is 7.62. The van der Waals surface area contributed by atoms with Gasteiger partial charge < -0.3 is 9.91 Å². The van der Waals surface area contributed by atoms with Gasteiger partial charge in [-0.2, -0.15) is 0 Å². The summed E-state index contributed by atoms with van der Waals surface area (Å²) in [5, 5.41) is 4.86. The van der Waals surface area contributed by atoms with Crippen LogP contribution in [0.15, 0.2) is 24.3 Å². The van der Waals surface area contributed by atoms with Gasteiger partial charge in [0, 0.05) is 26.2 Å². The Morgan fingerprint density at radius 2 is 1.61 bits per heavy atom. The fourth-order valence-electron chi connectivity index (χ4n) is 4.09. The van der Waals surface area contributed by atoms with E-state index in [0.717, 1.165) is 12.0 Å². The van der Waals surface area contributed by atoms with Crippen LogP contribution in [0.5, 0.6) is 0 Å². The molecule has 2 fully saturated rings. The number of hydrogen-bond donors (Lipinski definition) is 0. The van der Waals surface area contributed by atoms with Gasteiger partial charge in [0.05, 0.1) is 5.69 Å². The van der Waals surface area contributed by atoms with Gasteiger partial charge in [-0.1, -0.05) is 24.6 Å². The molecule has 1 aromatic carbocycles. The van der Waals surface area contributed by atoms with Gasteiger partial charge in [-0.25, -0.2) is 5.01 Å². The van der Waals surface area contributed by atoms with E-state index in [1.807, 2.05) is 0 Å². The maximum atomic E-state index is 2.78. The topological polar surface area (TPSA) is 9.72 Å². The first-order valence-corrected chi connectivity index (χ1v) is 9.43. The van der Waals surface area contributed by atoms with Gasteiger partial charge in [0.1, 0.15) is 0 Å². The number of anilines is 1. The van der Waals surface area contributed by atoms with E-state index in [1.165, 1.54) is 69.5 Å². The normalized spacial score (nSPS) is 25.3. The van der Waals surface area contributed by atoms with Crippen molar-refractivity contribution in [2.75, 3.05) is 38.2 Å². The molecule has 0 N–H and O–H groups in total. The minimum atomic E-state index is 0.808. The highest BCUT2D eigenvalue weighted by Crippen LogP contribution is 2.25. The fraction of sp³-hybridized carbons (Fsp3) is 0.700. The van der Waals surface area contributed by atoms with Crippen molar-refractivity contribution in [2.24, 2.45) is 5.92 Å². The zero-order valence-electron chi connectivity index (χ0n) is 15.2. The number of piperidine rings is 1. The predicted octanol–water partition coefficient (Wildman–Crippen LogP) is 3.93. The smallest absolute Gasteiger partial charge is 0.0519 e. The summed E-state index contributed by atoms with van der Waals surface area (Å²) in [6.07, 6.45) is 6.83. The second-order valence-corrected chi connectivity index (χ2v) is 7.62. The van der Waals surface area contributed by atoms with Crippen molar-refractivity contribution in [1.82, 2.24) is 9.91 Å². The highest BCUT2D eigenvalue weighted by molar-refractivity contribution is 5.45. The van der Waals surface area contributed by atoms with Crippen LogP contribution in [-0.2, 0) is 0 Å². The van der Waals surface area contributed by atoms with Crippen molar-refractivity contribution in [1.29, 1.82) is 0 Å². The summed E-state index contributed by atoms with van der Waals surface area (Å²) in [6.45, 7) is 9.57. The van der Waals surface area contributed by atoms with E-state index in [0.29, 0.717) is 0 Å². The molecule has 2 aliphatic rings. The molecule has 3 rings (SSSR count). The summed E-state index contributed by atoms with van der Waals surface area (Å²) >= 11 is 0. The lowest BCUT2D eigenvalue weighted by Crippen LogP contribution is -2.50. The minimum absolute atomic E-state index is 0.808. The first-order valence-electron chi connectivity index (χ1n) is 9.43. The molecule has 0 saturated carbocycles. The summed E-state index contributed by atoms with van der Waals surface area (Å²) in [6, 6.07) is 9.69. The van der Waals surface area contributed by atoms with Crippen LogP contribution in [0, 0.1) is 12.8 Å². The van der Waals surface area contributed by atoms with Gasteiger partial charge in [-0.15, -0.1) is 0 Å². The van der Waals surface area contributed by atoms with Crippen molar-refractivity contribution >= 4 is 5.69 Å². The van der Waals surface area contributed by atoms with Gasteiger partial charge >= 0.3 is 0 Å². The SMILES string of the molecule is Cc1ccc(N(C)N2CCC(N3CCCC(C)CC3)CC2)cc1. The Morgan fingerprint density at radius 3 is 2.30 bits per heavy atom. The minimum Gasteiger partial charge on any atom is -0.309 e. The van der Waals surface area contributed by atoms with E-state index in [4.69, 9.17) is 0 Å². The molecule has 2 aliphatic heterocycles. The summed E-state index contributed by atoms with van der Waals surface area (Å²) in [4.78, 5) is 2.78. The van der Waals surface area contributed by atoms with Gasteiger partial charge in [0.25, 0.3) is 0 Å². The highest BCUT2D eigenvalue weighted by Gasteiger charge is 2.27. The molecule has 1 aromatic rings. The van der Waals surface area contributed by atoms with E-state index in [-0.39, 0.29) is 0 Å². The van der Waals surface area contributed by atoms with Crippen LogP contribution in [0.25, 0.3) is 0 Å². The Kier molecular flexibility index (Phi) is 5.60. The number of benzene rings is 1. The quantitative estimate of drug-likeness (QED) is 0.837. The third-order valence-electron chi connectivity index (χ3n) is 5.84. The zero-order chi connectivity index (χ0) is 16.2. The first-order chi connectivity index (χ1) is 11.1. The van der Waals surface area contributed by atoms with Crippen molar-refractivity contribution in [3.8, 4) is 0 Å². The van der Waals surface area contributed by atoms with E-state index in [9.17, 15) is 0 Å². The van der Waals surface area contributed by atoms with E-state index in [2.05, 4.69) is 60.1 Å². The van der Waals surface area contributed by atoms with Crippen molar-refractivity contribution in [2.45, 2.75) is 52.0 Å². The van der Waals surface area contributed by atoms with Gasteiger partial charge in [-0.05, 0) is 70.2 Å². The Hall–Kier alpha value is -1.06. The lowest BCUT2D eigenvalue weighted by atomic mass is 10.0. The number of hydrazine groups is 1. The number of aryl methyl sites for hydroxylation is 1. The maximum Gasteiger partial charge on any atom is 0.0519 e. The van der Waals surface area contributed by atoms with Crippen molar-refractivity contribution in [3.05, 3.63) is 29.8 Å². The molecule has 128 valence electrons. The molecule has 0 bridgehead atoms. The number of nitrogens with zero attached hydrogens (tertiary/aromatic N) is 3. The molecule has 0 aliphatic carbocycles. The molecular formula is C20H33N3. The molecule has 1 unspecified atom stereocenters. The molecule has 0 amide bonds. The van der Waals surface area contributed by atoms with Gasteiger partial charge in [0.2, 0.25) is 0 Å². The molecule has 0 aromatic heterocycles. The Bertz CT molecular complexity index is 476. The molecule has 0 radical (unpaired) electrons. The average molecular weight is 316 g/mol. The Morgan fingerprint density at radius 1 is 0.913 bits per heavy atom. The standard InChI is InChI=1S/C20H33N3/c1-17-5-4-13-22(14-10-17)20-11-15-23(16-12-20)21(3)19-8-6-18(2)7-9-19/h6-9,17,20H,4-5,10-16H2,1-3H3. The molecule has 1 atom stereocenters. The van der Waals surface area contributed by atoms with Crippen LogP contribution in [0.2, 0.25) is 0 Å². The molecular weight excluding hydrogens is 282 g/mol. The molecule has 0 spiro atoms. The third kappa shape index (κ3) is 4.27. The van der Waals surface area contributed by atoms with Crippen LogP contribution in [0.4, 0.5) is 5.69 Å². The highest BCUT2D eigenvalue weighted by atomic mass is 15.6. The maximum absolute atomic E-state index is 2.78. The summed E-state index contributed by atoms with van der Waals surface area (Å²) in [5.74, 6) is 0.924. The van der Waals surface area contributed by atoms with Gasteiger partial charge in [0.15, 0.2) is 0 Å². The molecule has 3 nitrogen and oxygen atoms in total. The van der Waals surface area contributed by atoms with Crippen LogP contribution in [0.1, 0.15) is 44.6 Å². The lowest BCUT2D eigenvalue weighted by molar-refractivity contribution is 0.107. The average Bonchev–Trinajstić information content (AvgIpc) is 2.80. The van der Waals surface area contributed by atoms with Crippen molar-refractivity contribution < 1.29 is 0 Å². The van der Waals surface area contributed by atoms with Crippen molar-refractivity contribution in [3.63, 3.8) is 0 Å². The van der Waals surface area contributed by atoms with Crippen LogP contribution < -0.4 is 5.01 Å². The molecule has 3 heteroatoms. The zero-order valence-corrected chi connectivity index (χ0v) is 15.2. The van der Waals surface area contributed by atoms with Crippen LogP contribution >= 0.6 is 0 Å². The van der Waals surface area contributed by atoms with Crippen LogP contribution in [-0.4, -0.2) is 49.2 Å². The summed E-state index contributed by atoms with van der Waals surface area (Å²) in [7, 11) is 2.21. The predicted molar refractivity (Wildman–Crippen MR) is 98.8 cm³/mol. The van der Waals surface area contributed by atoms with E-state index >= 15 is 0 Å². The second kappa shape index (κ2) is 7.67. The van der Waals surface area contributed by atoms with E-state index < -0.39 is 0 Å². The largest absolute Gasteiger partial charge is 0.309 e. The van der Waals surface area contributed by atoms with E-state index in [1.54, 1.807) is 0 Å². The Labute approximate surface area is 142 Å². The molecule has 23 heavy (non-hydrogen) atoms. The molecule has 2 heterocycles. The monoisotopic (exact) mass is 315 g/mol. The molecule has 2 saturated heterocycles. The lowest BCUT2D eigenvalue weighted by Gasteiger charge is -2.42.